The summed E-state index contributed by atoms with van der Waals surface area (Å²) in [7, 11) is 1.49. The van der Waals surface area contributed by atoms with E-state index in [1.54, 1.807) is 0 Å². The van der Waals surface area contributed by atoms with Crippen molar-refractivity contribution < 1.29 is 13.5 Å². The van der Waals surface area contributed by atoms with Crippen LogP contribution >= 0.6 is 11.6 Å². The number of methoxy groups -OCH3 is 1. The highest BCUT2D eigenvalue weighted by atomic mass is 35.5. The second-order valence-electron chi connectivity index (χ2n) is 4.54. The van der Waals surface area contributed by atoms with Crippen molar-refractivity contribution >= 4 is 11.6 Å². The van der Waals surface area contributed by atoms with E-state index < -0.39 is 17.7 Å². The summed E-state index contributed by atoms with van der Waals surface area (Å²) in [4.78, 5) is 0. The van der Waals surface area contributed by atoms with Crippen LogP contribution in [0.3, 0.4) is 0 Å². The SMILES string of the molecule is CCNC(c1cc(Cl)ccc1F)c1cc(F)ccc1OC. The van der Waals surface area contributed by atoms with Crippen molar-refractivity contribution in [2.75, 3.05) is 13.7 Å². The lowest BCUT2D eigenvalue weighted by molar-refractivity contribution is 0.401. The van der Waals surface area contributed by atoms with Gasteiger partial charge in [0.2, 0.25) is 0 Å². The Hall–Kier alpha value is -1.65. The topological polar surface area (TPSA) is 21.3 Å². The zero-order valence-corrected chi connectivity index (χ0v) is 12.5. The van der Waals surface area contributed by atoms with Crippen LogP contribution in [0.4, 0.5) is 8.78 Å². The molecule has 1 unspecified atom stereocenters. The third kappa shape index (κ3) is 3.52. The molecule has 112 valence electrons. The Labute approximate surface area is 127 Å². The van der Waals surface area contributed by atoms with Gasteiger partial charge in [-0.05, 0) is 42.9 Å². The maximum absolute atomic E-state index is 14.1. The molecule has 0 amide bonds. The average molecular weight is 312 g/mol. The highest BCUT2D eigenvalue weighted by molar-refractivity contribution is 6.30. The predicted molar refractivity (Wildman–Crippen MR) is 79.9 cm³/mol. The number of hydrogen-bond donors (Lipinski definition) is 1. The first kappa shape index (κ1) is 15.7. The van der Waals surface area contributed by atoms with E-state index in [-0.39, 0.29) is 0 Å². The van der Waals surface area contributed by atoms with Crippen molar-refractivity contribution in [2.45, 2.75) is 13.0 Å². The van der Waals surface area contributed by atoms with Crippen LogP contribution in [0.5, 0.6) is 5.75 Å². The molecule has 1 N–H and O–H groups in total. The number of nitrogens with one attached hydrogen (secondary N) is 1. The summed E-state index contributed by atoms with van der Waals surface area (Å²) in [6, 6.07) is 7.94. The van der Waals surface area contributed by atoms with Gasteiger partial charge in [-0.2, -0.15) is 0 Å². The zero-order valence-electron chi connectivity index (χ0n) is 11.8. The maximum atomic E-state index is 14.1. The van der Waals surface area contributed by atoms with Crippen molar-refractivity contribution in [1.29, 1.82) is 0 Å². The number of rotatable bonds is 5. The molecule has 0 fully saturated rings. The van der Waals surface area contributed by atoms with Gasteiger partial charge in [-0.3, -0.25) is 0 Å². The van der Waals surface area contributed by atoms with Gasteiger partial charge in [-0.1, -0.05) is 18.5 Å². The minimum atomic E-state index is -0.542. The Morgan fingerprint density at radius 1 is 1.14 bits per heavy atom. The van der Waals surface area contributed by atoms with Crippen LogP contribution in [0.15, 0.2) is 36.4 Å². The highest BCUT2D eigenvalue weighted by Crippen LogP contribution is 2.33. The smallest absolute Gasteiger partial charge is 0.128 e. The molecule has 0 aliphatic rings. The molecule has 1 atom stereocenters. The molecule has 0 bridgehead atoms. The van der Waals surface area contributed by atoms with E-state index >= 15 is 0 Å². The zero-order chi connectivity index (χ0) is 15.4. The van der Waals surface area contributed by atoms with E-state index in [2.05, 4.69) is 5.32 Å². The van der Waals surface area contributed by atoms with Gasteiger partial charge >= 0.3 is 0 Å². The van der Waals surface area contributed by atoms with E-state index in [1.807, 2.05) is 6.92 Å². The van der Waals surface area contributed by atoms with Crippen LogP contribution < -0.4 is 10.1 Å². The Kier molecular flexibility index (Phi) is 5.15. The van der Waals surface area contributed by atoms with Gasteiger partial charge in [0.1, 0.15) is 17.4 Å². The minimum absolute atomic E-state index is 0.355. The summed E-state index contributed by atoms with van der Waals surface area (Å²) in [5, 5.41) is 3.56. The largest absolute Gasteiger partial charge is 0.496 e. The minimum Gasteiger partial charge on any atom is -0.496 e. The molecule has 0 aliphatic heterocycles. The molecule has 0 aromatic heterocycles. The third-order valence-corrected chi connectivity index (χ3v) is 3.42. The van der Waals surface area contributed by atoms with E-state index in [4.69, 9.17) is 16.3 Å². The van der Waals surface area contributed by atoms with Gasteiger partial charge in [0.15, 0.2) is 0 Å². The molecular formula is C16H16ClF2NO. The van der Waals surface area contributed by atoms with Crippen molar-refractivity contribution in [1.82, 2.24) is 5.32 Å². The molecule has 2 aromatic carbocycles. The van der Waals surface area contributed by atoms with E-state index in [1.165, 1.54) is 43.5 Å². The van der Waals surface area contributed by atoms with Crippen LogP contribution in [0, 0.1) is 11.6 Å². The Balaban J connectivity index is 2.58. The van der Waals surface area contributed by atoms with Crippen molar-refractivity contribution in [3.63, 3.8) is 0 Å². The van der Waals surface area contributed by atoms with Crippen LogP contribution in [0.2, 0.25) is 5.02 Å². The van der Waals surface area contributed by atoms with E-state index in [9.17, 15) is 8.78 Å². The number of benzene rings is 2. The second-order valence-corrected chi connectivity index (χ2v) is 4.98. The molecule has 0 saturated heterocycles. The van der Waals surface area contributed by atoms with Crippen LogP contribution in [-0.4, -0.2) is 13.7 Å². The second kappa shape index (κ2) is 6.87. The van der Waals surface area contributed by atoms with Gasteiger partial charge in [-0.15, -0.1) is 0 Å². The lowest BCUT2D eigenvalue weighted by atomic mass is 9.97. The van der Waals surface area contributed by atoms with E-state index in [0.29, 0.717) is 28.4 Å². The summed E-state index contributed by atoms with van der Waals surface area (Å²) < 4.78 is 33.0. The molecule has 2 rings (SSSR count). The lowest BCUT2D eigenvalue weighted by Gasteiger charge is -2.22. The van der Waals surface area contributed by atoms with Crippen LogP contribution in [-0.2, 0) is 0 Å². The fourth-order valence-corrected chi connectivity index (χ4v) is 2.44. The van der Waals surface area contributed by atoms with Crippen LogP contribution in [0.1, 0.15) is 24.1 Å². The van der Waals surface area contributed by atoms with Crippen LogP contribution in [0.25, 0.3) is 0 Å². The lowest BCUT2D eigenvalue weighted by Crippen LogP contribution is -2.23. The van der Waals surface area contributed by atoms with Crippen molar-refractivity contribution in [3.05, 3.63) is 64.2 Å². The first-order chi connectivity index (χ1) is 10.1. The summed E-state index contributed by atoms with van der Waals surface area (Å²) in [5.41, 5.74) is 0.883. The van der Waals surface area contributed by atoms with Gasteiger partial charge in [0.05, 0.1) is 13.2 Å². The average Bonchev–Trinajstić information content (AvgIpc) is 2.47. The highest BCUT2D eigenvalue weighted by Gasteiger charge is 2.21. The molecule has 21 heavy (non-hydrogen) atoms. The molecule has 2 aromatic rings. The number of halogens is 3. The van der Waals surface area contributed by atoms with Gasteiger partial charge in [-0.25, -0.2) is 8.78 Å². The maximum Gasteiger partial charge on any atom is 0.128 e. The first-order valence-electron chi connectivity index (χ1n) is 6.58. The summed E-state index contributed by atoms with van der Waals surface area (Å²) >= 11 is 5.95. The normalized spacial score (nSPS) is 12.2. The number of hydrogen-bond acceptors (Lipinski definition) is 2. The monoisotopic (exact) mass is 311 g/mol. The molecule has 0 saturated carbocycles. The Bertz CT molecular complexity index is 634. The van der Waals surface area contributed by atoms with Crippen molar-refractivity contribution in [3.8, 4) is 5.75 Å². The first-order valence-corrected chi connectivity index (χ1v) is 6.96. The van der Waals surface area contributed by atoms with Gasteiger partial charge in [0, 0.05) is 16.1 Å². The summed E-state index contributed by atoms with van der Waals surface area (Å²) in [5.74, 6) is -0.325. The fraction of sp³-hybridized carbons (Fsp3) is 0.250. The Morgan fingerprint density at radius 3 is 2.57 bits per heavy atom. The summed E-state index contributed by atoms with van der Waals surface area (Å²) in [6.07, 6.45) is 0. The third-order valence-electron chi connectivity index (χ3n) is 3.18. The van der Waals surface area contributed by atoms with Gasteiger partial charge < -0.3 is 10.1 Å². The molecule has 0 radical (unpaired) electrons. The molecule has 0 spiro atoms. The predicted octanol–water partition coefficient (Wildman–Crippen LogP) is 4.33. The quantitative estimate of drug-likeness (QED) is 0.887. The fourth-order valence-electron chi connectivity index (χ4n) is 2.26. The van der Waals surface area contributed by atoms with E-state index in [0.717, 1.165) is 0 Å². The Morgan fingerprint density at radius 2 is 1.90 bits per heavy atom. The van der Waals surface area contributed by atoms with Gasteiger partial charge in [0.25, 0.3) is 0 Å². The van der Waals surface area contributed by atoms with Crippen molar-refractivity contribution in [2.24, 2.45) is 0 Å². The number of ether oxygens (including phenoxy) is 1. The molecule has 5 heteroatoms. The molecular weight excluding hydrogens is 296 g/mol. The molecule has 0 heterocycles. The molecule has 0 aliphatic carbocycles. The summed E-state index contributed by atoms with van der Waals surface area (Å²) in [6.45, 7) is 2.47. The molecule has 2 nitrogen and oxygen atoms in total. The standard InChI is InChI=1S/C16H16ClF2NO/c1-3-20-16(12-8-10(17)4-6-14(12)19)13-9-11(18)5-7-15(13)21-2/h4-9,16,20H,3H2,1-2H3.